The maximum atomic E-state index is 13.2. The second-order valence-corrected chi connectivity index (χ2v) is 10.3. The Labute approximate surface area is 212 Å². The lowest BCUT2D eigenvalue weighted by Gasteiger charge is -2.33. The Morgan fingerprint density at radius 2 is 1.83 bits per heavy atom. The third kappa shape index (κ3) is 5.33. The number of H-pyrrole nitrogens is 1. The maximum absolute atomic E-state index is 13.2. The first-order valence-corrected chi connectivity index (χ1v) is 12.5. The van der Waals surface area contributed by atoms with Crippen LogP contribution in [0.3, 0.4) is 0 Å². The van der Waals surface area contributed by atoms with E-state index in [1.165, 1.54) is 0 Å². The Balaban J connectivity index is 1.82. The summed E-state index contributed by atoms with van der Waals surface area (Å²) in [6.45, 7) is 11.5. The fraction of sp³-hybridized carbons (Fsp3) is 0.429. The molecule has 0 amide bonds. The number of aryl methyl sites for hydroxylation is 1. The number of hydrogen-bond donors (Lipinski definition) is 1. The smallest absolute Gasteiger partial charge is 0.252 e. The average molecular weight is 489 g/mol. The number of ether oxygens (including phenoxy) is 1. The minimum Gasteiger partial charge on any atom is -0.496 e. The summed E-state index contributed by atoms with van der Waals surface area (Å²) >= 11 is 0. The Hall–Kier alpha value is -3.52. The Kier molecular flexibility index (Phi) is 7.54. The van der Waals surface area contributed by atoms with Crippen LogP contribution in [0.1, 0.15) is 69.1 Å². The van der Waals surface area contributed by atoms with Crippen molar-refractivity contribution in [1.82, 2.24) is 30.1 Å². The molecule has 36 heavy (non-hydrogen) atoms. The van der Waals surface area contributed by atoms with Gasteiger partial charge in [0.1, 0.15) is 5.75 Å². The van der Waals surface area contributed by atoms with Crippen molar-refractivity contribution in [3.05, 3.63) is 81.4 Å². The summed E-state index contributed by atoms with van der Waals surface area (Å²) in [6.07, 6.45) is 1.79. The quantitative estimate of drug-likeness (QED) is 0.351. The molecule has 1 N–H and O–H groups in total. The summed E-state index contributed by atoms with van der Waals surface area (Å²) in [5.74, 6) is 1.61. The van der Waals surface area contributed by atoms with Gasteiger partial charge in [0.2, 0.25) is 0 Å². The highest BCUT2D eigenvalue weighted by atomic mass is 16.5. The molecule has 0 fully saturated rings. The first-order valence-electron chi connectivity index (χ1n) is 12.5. The van der Waals surface area contributed by atoms with Crippen LogP contribution < -0.4 is 10.3 Å². The topological polar surface area (TPSA) is 88.9 Å². The highest BCUT2D eigenvalue weighted by molar-refractivity contribution is 5.81. The van der Waals surface area contributed by atoms with E-state index in [4.69, 9.17) is 4.74 Å². The van der Waals surface area contributed by atoms with Crippen LogP contribution in [0.25, 0.3) is 10.9 Å². The van der Waals surface area contributed by atoms with E-state index in [2.05, 4.69) is 59.2 Å². The summed E-state index contributed by atoms with van der Waals surface area (Å²) in [6, 6.07) is 16.0. The molecule has 8 nitrogen and oxygen atoms in total. The van der Waals surface area contributed by atoms with Gasteiger partial charge in [-0.2, -0.15) is 0 Å². The molecule has 0 spiro atoms. The van der Waals surface area contributed by atoms with E-state index in [0.29, 0.717) is 18.7 Å². The average Bonchev–Trinajstić information content (AvgIpc) is 3.34. The van der Waals surface area contributed by atoms with E-state index in [0.717, 1.165) is 46.4 Å². The molecule has 0 unspecified atom stereocenters. The first-order chi connectivity index (χ1) is 17.2. The molecule has 4 aromatic rings. The number of aromatic amines is 1. The van der Waals surface area contributed by atoms with E-state index in [1.54, 1.807) is 7.11 Å². The highest BCUT2D eigenvalue weighted by Gasteiger charge is 2.30. The van der Waals surface area contributed by atoms with E-state index in [9.17, 15) is 4.79 Å². The summed E-state index contributed by atoms with van der Waals surface area (Å²) in [7, 11) is 1.68. The summed E-state index contributed by atoms with van der Waals surface area (Å²) in [5, 5.41) is 13.9. The monoisotopic (exact) mass is 488 g/mol. The van der Waals surface area contributed by atoms with Crippen LogP contribution in [0.5, 0.6) is 5.75 Å². The third-order valence-corrected chi connectivity index (χ3v) is 6.53. The predicted octanol–water partition coefficient (Wildman–Crippen LogP) is 5.13. The van der Waals surface area contributed by atoms with Gasteiger partial charge in [-0.25, -0.2) is 4.68 Å². The fourth-order valence-corrected chi connectivity index (χ4v) is 4.72. The zero-order valence-corrected chi connectivity index (χ0v) is 22.1. The van der Waals surface area contributed by atoms with Crippen molar-refractivity contribution < 1.29 is 4.74 Å². The number of nitrogens with zero attached hydrogens (tertiary/aromatic N) is 5. The number of tetrazole rings is 1. The van der Waals surface area contributed by atoms with Crippen molar-refractivity contribution in [2.45, 2.75) is 72.1 Å². The lowest BCUT2D eigenvalue weighted by Crippen LogP contribution is -2.35. The predicted molar refractivity (Wildman–Crippen MR) is 142 cm³/mol. The molecule has 2 aromatic heterocycles. The largest absolute Gasteiger partial charge is 0.496 e. The zero-order valence-electron chi connectivity index (χ0n) is 22.1. The summed E-state index contributed by atoms with van der Waals surface area (Å²) < 4.78 is 7.56. The maximum Gasteiger partial charge on any atom is 0.252 e. The number of hydrogen-bond acceptors (Lipinski definition) is 6. The van der Waals surface area contributed by atoms with Crippen molar-refractivity contribution in [3.63, 3.8) is 0 Å². The second kappa shape index (κ2) is 10.6. The molecule has 190 valence electrons. The van der Waals surface area contributed by atoms with Gasteiger partial charge >= 0.3 is 0 Å². The van der Waals surface area contributed by atoms with Crippen LogP contribution in [0.2, 0.25) is 0 Å². The third-order valence-electron chi connectivity index (χ3n) is 6.53. The van der Waals surface area contributed by atoms with Gasteiger partial charge in [-0.3, -0.25) is 9.69 Å². The van der Waals surface area contributed by atoms with Gasteiger partial charge in [0.05, 0.1) is 24.2 Å². The Bertz CT molecular complexity index is 1380. The number of pyridine rings is 1. The number of fused-ring (bicyclic) bond motifs is 1. The van der Waals surface area contributed by atoms with Gasteiger partial charge in [-0.15, -0.1) is 5.10 Å². The lowest BCUT2D eigenvalue weighted by molar-refractivity contribution is 0.147. The number of benzene rings is 2. The SMILES string of the molecule is CCC[C@@H](c1nnnn1C(C)(C)C)N(Cc1ccccc1OC)Cc1cc2cccc(C)c2[nH]c1=O. The van der Waals surface area contributed by atoms with Crippen LogP contribution in [0.4, 0.5) is 0 Å². The molecule has 4 rings (SSSR count). The number of rotatable bonds is 9. The Morgan fingerprint density at radius 3 is 2.56 bits per heavy atom. The molecule has 0 radical (unpaired) electrons. The minimum absolute atomic E-state index is 0.0764. The highest BCUT2D eigenvalue weighted by Crippen LogP contribution is 2.32. The second-order valence-electron chi connectivity index (χ2n) is 10.3. The molecule has 0 aliphatic rings. The van der Waals surface area contributed by atoms with Crippen LogP contribution in [-0.2, 0) is 18.6 Å². The fourth-order valence-electron chi connectivity index (χ4n) is 4.72. The van der Waals surface area contributed by atoms with Gasteiger partial charge in [0, 0.05) is 24.2 Å². The van der Waals surface area contributed by atoms with Crippen molar-refractivity contribution in [2.24, 2.45) is 0 Å². The molecule has 1 atom stereocenters. The van der Waals surface area contributed by atoms with Crippen molar-refractivity contribution in [3.8, 4) is 5.75 Å². The molecular formula is C28H36N6O2. The molecule has 0 bridgehead atoms. The van der Waals surface area contributed by atoms with Gasteiger partial charge in [0.15, 0.2) is 5.82 Å². The van der Waals surface area contributed by atoms with Gasteiger partial charge in [-0.05, 0) is 67.6 Å². The number of aromatic nitrogens is 5. The van der Waals surface area contributed by atoms with Crippen LogP contribution >= 0.6 is 0 Å². The van der Waals surface area contributed by atoms with Gasteiger partial charge < -0.3 is 9.72 Å². The van der Waals surface area contributed by atoms with Crippen molar-refractivity contribution in [1.29, 1.82) is 0 Å². The van der Waals surface area contributed by atoms with E-state index < -0.39 is 0 Å². The van der Waals surface area contributed by atoms with E-state index in [1.807, 2.05) is 54.1 Å². The molecular weight excluding hydrogens is 452 g/mol. The van der Waals surface area contributed by atoms with E-state index >= 15 is 0 Å². The lowest BCUT2D eigenvalue weighted by atomic mass is 10.0. The van der Waals surface area contributed by atoms with Crippen molar-refractivity contribution in [2.75, 3.05) is 7.11 Å². The standard InChI is InChI=1S/C28H36N6O2/c1-7-11-23(26-30-31-32-34(26)28(3,4)5)33(17-21-13-8-9-15-24(21)36-6)18-22-16-20-14-10-12-19(2)25(20)29-27(22)35/h8-10,12-16,23H,7,11,17-18H2,1-6H3,(H,29,35)/t23-/m0/s1. The molecule has 2 aromatic carbocycles. The molecule has 0 saturated heterocycles. The van der Waals surface area contributed by atoms with Crippen molar-refractivity contribution >= 4 is 10.9 Å². The molecule has 0 saturated carbocycles. The van der Waals surface area contributed by atoms with Gasteiger partial charge in [0.25, 0.3) is 5.56 Å². The number of para-hydroxylation sites is 2. The summed E-state index contributed by atoms with van der Waals surface area (Å²) in [4.78, 5) is 18.6. The molecule has 0 aliphatic carbocycles. The summed E-state index contributed by atoms with van der Waals surface area (Å²) in [5.41, 5.74) is 3.33. The number of methoxy groups -OCH3 is 1. The van der Waals surface area contributed by atoms with Gasteiger partial charge in [-0.1, -0.05) is 49.7 Å². The van der Waals surface area contributed by atoms with Crippen LogP contribution in [-0.4, -0.2) is 37.2 Å². The van der Waals surface area contributed by atoms with Crippen LogP contribution in [0.15, 0.2) is 53.3 Å². The number of nitrogens with one attached hydrogen (secondary N) is 1. The minimum atomic E-state index is -0.279. The normalized spacial score (nSPS) is 12.9. The molecule has 2 heterocycles. The first kappa shape index (κ1) is 25.6. The zero-order chi connectivity index (χ0) is 25.9. The van der Waals surface area contributed by atoms with Crippen LogP contribution in [0, 0.1) is 6.92 Å². The molecule has 0 aliphatic heterocycles. The van der Waals surface area contributed by atoms with E-state index in [-0.39, 0.29) is 17.1 Å². The molecule has 8 heteroatoms. The Morgan fingerprint density at radius 1 is 1.08 bits per heavy atom.